The molecule has 1 aromatic heterocycles. The quantitative estimate of drug-likeness (QED) is 0.633. The van der Waals surface area contributed by atoms with E-state index in [1.54, 1.807) is 12.1 Å². The Morgan fingerprint density at radius 2 is 2.09 bits per heavy atom. The van der Waals surface area contributed by atoms with Gasteiger partial charge in [0.15, 0.2) is 11.6 Å². The van der Waals surface area contributed by atoms with E-state index in [-0.39, 0.29) is 18.8 Å². The number of hydrogen-bond donors (Lipinski definition) is 0. The van der Waals surface area contributed by atoms with Crippen LogP contribution in [0.5, 0.6) is 0 Å². The number of esters is 1. The summed E-state index contributed by atoms with van der Waals surface area (Å²) in [5, 5.41) is 0.329. The van der Waals surface area contributed by atoms with Crippen molar-refractivity contribution in [2.45, 2.75) is 6.54 Å². The van der Waals surface area contributed by atoms with Gasteiger partial charge in [0.1, 0.15) is 11.8 Å². The highest BCUT2D eigenvalue weighted by Crippen LogP contribution is 2.28. The van der Waals surface area contributed by atoms with Crippen LogP contribution in [0.2, 0.25) is 5.15 Å². The van der Waals surface area contributed by atoms with Gasteiger partial charge in [0.25, 0.3) is 0 Å². The summed E-state index contributed by atoms with van der Waals surface area (Å²) in [6.07, 6.45) is 2.79. The Balaban J connectivity index is 2.00. The molecule has 0 spiro atoms. The molecule has 0 amide bonds. The van der Waals surface area contributed by atoms with Crippen LogP contribution in [0.3, 0.4) is 0 Å². The van der Waals surface area contributed by atoms with Gasteiger partial charge in [0.05, 0.1) is 11.4 Å². The summed E-state index contributed by atoms with van der Waals surface area (Å²) in [6.45, 7) is 0.183. The molecule has 2 aromatic rings. The van der Waals surface area contributed by atoms with Gasteiger partial charge in [-0.1, -0.05) is 23.7 Å². The smallest absolute Gasteiger partial charge is 0.333 e. The zero-order valence-corrected chi connectivity index (χ0v) is 12.6. The van der Waals surface area contributed by atoms with Crippen LogP contribution in [-0.4, -0.2) is 17.6 Å². The molecule has 1 aliphatic rings. The molecule has 3 rings (SSSR count). The van der Waals surface area contributed by atoms with E-state index in [9.17, 15) is 13.6 Å². The van der Waals surface area contributed by atoms with Crippen LogP contribution in [0.4, 0.5) is 14.5 Å². The fourth-order valence-electron chi connectivity index (χ4n) is 2.25. The molecule has 23 heavy (non-hydrogen) atoms. The summed E-state index contributed by atoms with van der Waals surface area (Å²) in [5.41, 5.74) is 1.18. The second-order valence-corrected chi connectivity index (χ2v) is 5.28. The number of benzene rings is 1. The van der Waals surface area contributed by atoms with Crippen LogP contribution in [0.1, 0.15) is 5.56 Å². The molecule has 2 heterocycles. The lowest BCUT2D eigenvalue weighted by Gasteiger charge is -2.25. The maximum Gasteiger partial charge on any atom is 0.333 e. The average molecular weight is 337 g/mol. The molecule has 0 aliphatic carbocycles. The second kappa shape index (κ2) is 6.34. The number of aromatic nitrogens is 1. The molecule has 0 saturated carbocycles. The van der Waals surface area contributed by atoms with Crippen molar-refractivity contribution in [2.24, 2.45) is 0 Å². The number of halogens is 3. The molecule has 0 unspecified atom stereocenters. The Morgan fingerprint density at radius 1 is 1.26 bits per heavy atom. The Morgan fingerprint density at radius 3 is 2.74 bits per heavy atom. The maximum absolute atomic E-state index is 14.2. The van der Waals surface area contributed by atoms with Crippen molar-refractivity contribution in [3.8, 4) is 0 Å². The molecule has 0 atom stereocenters. The predicted molar refractivity (Wildman–Crippen MR) is 80.8 cm³/mol. The SMILES string of the molecule is O=C1C=C(N(Cc2ccc(Cl)nc2)c2cccc(F)c2F)CO1. The predicted octanol–water partition coefficient (Wildman–Crippen LogP) is 3.46. The third-order valence-electron chi connectivity index (χ3n) is 3.34. The number of carbonyl (C=O) groups excluding carboxylic acids is 1. The number of nitrogens with zero attached hydrogens (tertiary/aromatic N) is 2. The van der Waals surface area contributed by atoms with Crippen LogP contribution in [0.15, 0.2) is 48.3 Å². The van der Waals surface area contributed by atoms with Crippen molar-refractivity contribution in [1.82, 2.24) is 4.98 Å². The molecule has 0 fully saturated rings. The first-order valence-corrected chi connectivity index (χ1v) is 7.11. The number of hydrogen-bond acceptors (Lipinski definition) is 4. The third-order valence-corrected chi connectivity index (χ3v) is 3.57. The number of ether oxygens (including phenoxy) is 1. The Hall–Kier alpha value is -2.47. The highest BCUT2D eigenvalue weighted by Gasteiger charge is 2.24. The Kier molecular flexibility index (Phi) is 4.25. The van der Waals surface area contributed by atoms with Crippen LogP contribution in [-0.2, 0) is 16.1 Å². The number of anilines is 1. The summed E-state index contributed by atoms with van der Waals surface area (Å²) in [4.78, 5) is 16.8. The molecule has 0 bridgehead atoms. The van der Waals surface area contributed by atoms with Gasteiger partial charge < -0.3 is 9.64 Å². The minimum atomic E-state index is -0.991. The summed E-state index contributed by atoms with van der Waals surface area (Å²) in [6, 6.07) is 7.19. The van der Waals surface area contributed by atoms with Crippen LogP contribution < -0.4 is 4.90 Å². The van der Waals surface area contributed by atoms with Crippen molar-refractivity contribution in [3.05, 3.63) is 70.7 Å². The molecule has 118 valence electrons. The van der Waals surface area contributed by atoms with Crippen molar-refractivity contribution in [2.75, 3.05) is 11.5 Å². The first-order valence-electron chi connectivity index (χ1n) is 6.74. The molecule has 0 radical (unpaired) electrons. The van der Waals surface area contributed by atoms with Gasteiger partial charge in [-0.15, -0.1) is 0 Å². The number of pyridine rings is 1. The summed E-state index contributed by atoms with van der Waals surface area (Å²) in [5.74, 6) is -2.47. The highest BCUT2D eigenvalue weighted by molar-refractivity contribution is 6.29. The second-order valence-electron chi connectivity index (χ2n) is 4.89. The first-order chi connectivity index (χ1) is 11.0. The number of cyclic esters (lactones) is 1. The minimum Gasteiger partial charge on any atom is -0.456 e. The molecule has 1 aliphatic heterocycles. The Labute approximate surface area is 136 Å². The van der Waals surface area contributed by atoms with Crippen LogP contribution in [0, 0.1) is 11.6 Å². The van der Waals surface area contributed by atoms with Gasteiger partial charge in [-0.25, -0.2) is 18.6 Å². The molecule has 0 N–H and O–H groups in total. The molecule has 7 heteroatoms. The maximum atomic E-state index is 14.2. The fourth-order valence-corrected chi connectivity index (χ4v) is 2.36. The van der Waals surface area contributed by atoms with Gasteiger partial charge in [-0.3, -0.25) is 0 Å². The first kappa shape index (κ1) is 15.4. The molecular formula is C16H11ClF2N2O2. The van der Waals surface area contributed by atoms with Crippen LogP contribution >= 0.6 is 11.6 Å². The standard InChI is InChI=1S/C16H11ClF2N2O2/c17-14-5-4-10(7-20-14)8-21(11-6-15(22)23-9-11)13-3-1-2-12(18)16(13)19/h1-7H,8-9H2. The van der Waals surface area contributed by atoms with E-state index in [4.69, 9.17) is 16.3 Å². The van der Waals surface area contributed by atoms with E-state index < -0.39 is 17.6 Å². The van der Waals surface area contributed by atoms with E-state index in [0.29, 0.717) is 10.9 Å². The lowest BCUT2D eigenvalue weighted by molar-refractivity contribution is -0.134. The normalized spacial score (nSPS) is 13.7. The van der Waals surface area contributed by atoms with Gasteiger partial charge in [0, 0.05) is 18.8 Å². The molecule has 4 nitrogen and oxygen atoms in total. The van der Waals surface area contributed by atoms with Gasteiger partial charge in [0.2, 0.25) is 0 Å². The van der Waals surface area contributed by atoms with E-state index >= 15 is 0 Å². The zero-order chi connectivity index (χ0) is 16.4. The number of rotatable bonds is 4. The van der Waals surface area contributed by atoms with Gasteiger partial charge in [-0.2, -0.15) is 0 Å². The van der Waals surface area contributed by atoms with E-state index in [0.717, 1.165) is 11.6 Å². The highest BCUT2D eigenvalue weighted by atomic mass is 35.5. The molecule has 0 saturated heterocycles. The largest absolute Gasteiger partial charge is 0.456 e. The number of carbonyl (C=O) groups is 1. The van der Waals surface area contributed by atoms with Crippen molar-refractivity contribution in [3.63, 3.8) is 0 Å². The zero-order valence-electron chi connectivity index (χ0n) is 11.8. The lowest BCUT2D eigenvalue weighted by atomic mass is 10.2. The summed E-state index contributed by atoms with van der Waals surface area (Å²) in [7, 11) is 0. The van der Waals surface area contributed by atoms with E-state index in [1.165, 1.54) is 29.3 Å². The van der Waals surface area contributed by atoms with Gasteiger partial charge in [-0.05, 0) is 23.8 Å². The minimum absolute atomic E-state index is 0.00416. The summed E-state index contributed by atoms with van der Waals surface area (Å²) < 4.78 is 32.6. The van der Waals surface area contributed by atoms with Crippen LogP contribution in [0.25, 0.3) is 0 Å². The lowest BCUT2D eigenvalue weighted by Crippen LogP contribution is -2.24. The molecular weight excluding hydrogens is 326 g/mol. The third kappa shape index (κ3) is 3.32. The van der Waals surface area contributed by atoms with E-state index in [2.05, 4.69) is 4.98 Å². The monoisotopic (exact) mass is 336 g/mol. The fraction of sp³-hybridized carbons (Fsp3) is 0.125. The van der Waals surface area contributed by atoms with E-state index in [1.807, 2.05) is 0 Å². The van der Waals surface area contributed by atoms with Crippen molar-refractivity contribution in [1.29, 1.82) is 0 Å². The average Bonchev–Trinajstić information content (AvgIpc) is 2.96. The molecule has 1 aromatic carbocycles. The van der Waals surface area contributed by atoms with Gasteiger partial charge >= 0.3 is 5.97 Å². The van der Waals surface area contributed by atoms with Crippen molar-refractivity contribution < 1.29 is 18.3 Å². The topological polar surface area (TPSA) is 42.4 Å². The van der Waals surface area contributed by atoms with Crippen molar-refractivity contribution >= 4 is 23.3 Å². The Bertz CT molecular complexity index is 778. The summed E-state index contributed by atoms with van der Waals surface area (Å²) >= 11 is 5.75.